The Morgan fingerprint density at radius 1 is 1.17 bits per heavy atom. The van der Waals surface area contributed by atoms with E-state index >= 15 is 0 Å². The van der Waals surface area contributed by atoms with Crippen molar-refractivity contribution in [1.29, 1.82) is 0 Å². The summed E-state index contributed by atoms with van der Waals surface area (Å²) in [6, 6.07) is 7.40. The summed E-state index contributed by atoms with van der Waals surface area (Å²) >= 11 is 11.6. The van der Waals surface area contributed by atoms with Gasteiger partial charge in [-0.15, -0.1) is 0 Å². The Balaban J connectivity index is 2.59. The monoisotopic (exact) mass is 201 g/mol. The molecule has 0 saturated heterocycles. The molecule has 0 atom stereocenters. The molecular weight excluding hydrogens is 197 g/mol. The molecular formula is C8H5Cl2NO. The van der Waals surface area contributed by atoms with Gasteiger partial charge in [0.2, 0.25) is 0 Å². The van der Waals surface area contributed by atoms with Gasteiger partial charge in [-0.1, -0.05) is 35.3 Å². The zero-order chi connectivity index (χ0) is 8.55. The van der Waals surface area contributed by atoms with Gasteiger partial charge in [0.1, 0.15) is 0 Å². The highest BCUT2D eigenvalue weighted by Gasteiger charge is 2.16. The number of hydrogen-bond acceptors (Lipinski definition) is 2. The van der Waals surface area contributed by atoms with E-state index in [0.29, 0.717) is 15.9 Å². The van der Waals surface area contributed by atoms with E-state index in [1.165, 1.54) is 0 Å². The molecule has 1 aromatic rings. The first-order valence-electron chi connectivity index (χ1n) is 3.36. The zero-order valence-corrected chi connectivity index (χ0v) is 7.49. The van der Waals surface area contributed by atoms with Gasteiger partial charge in [0.15, 0.2) is 10.9 Å². The van der Waals surface area contributed by atoms with E-state index in [-0.39, 0.29) is 0 Å². The molecule has 0 unspecified atom stereocenters. The van der Waals surface area contributed by atoms with Crippen molar-refractivity contribution in [3.8, 4) is 5.75 Å². The molecule has 0 fully saturated rings. The third-order valence-electron chi connectivity index (χ3n) is 1.57. The van der Waals surface area contributed by atoms with Crippen molar-refractivity contribution in [2.24, 2.45) is 0 Å². The highest BCUT2D eigenvalue weighted by atomic mass is 35.5. The van der Waals surface area contributed by atoms with Crippen molar-refractivity contribution in [3.63, 3.8) is 0 Å². The van der Waals surface area contributed by atoms with Crippen LogP contribution in [0.25, 0.3) is 5.03 Å². The van der Waals surface area contributed by atoms with Gasteiger partial charge in [-0.3, -0.25) is 0 Å². The minimum atomic E-state index is 0.315. The van der Waals surface area contributed by atoms with Gasteiger partial charge >= 0.3 is 0 Å². The van der Waals surface area contributed by atoms with Gasteiger partial charge in [-0.25, -0.2) is 5.48 Å². The minimum absolute atomic E-state index is 0.315. The molecule has 0 saturated carbocycles. The van der Waals surface area contributed by atoms with E-state index < -0.39 is 0 Å². The standard InChI is InChI=1S/C8H5Cl2NO/c9-7-5-3-1-2-4-6(5)12-11-8(7)10/h1-4,11H. The van der Waals surface area contributed by atoms with E-state index in [2.05, 4.69) is 5.48 Å². The van der Waals surface area contributed by atoms with Gasteiger partial charge in [0.25, 0.3) is 0 Å². The number of para-hydroxylation sites is 1. The topological polar surface area (TPSA) is 21.3 Å². The first-order valence-corrected chi connectivity index (χ1v) is 4.12. The molecule has 4 heteroatoms. The minimum Gasteiger partial charge on any atom is -0.381 e. The number of benzene rings is 1. The molecule has 1 heterocycles. The molecule has 1 aromatic carbocycles. The lowest BCUT2D eigenvalue weighted by Gasteiger charge is -2.17. The normalized spacial score (nSPS) is 14.8. The average molecular weight is 202 g/mol. The fourth-order valence-electron chi connectivity index (χ4n) is 1.000. The molecule has 12 heavy (non-hydrogen) atoms. The predicted molar refractivity (Wildman–Crippen MR) is 48.8 cm³/mol. The molecule has 0 aliphatic carbocycles. The fraction of sp³-hybridized carbons (Fsp3) is 0. The summed E-state index contributed by atoms with van der Waals surface area (Å²) in [7, 11) is 0. The molecule has 2 nitrogen and oxygen atoms in total. The second-order valence-electron chi connectivity index (χ2n) is 2.33. The van der Waals surface area contributed by atoms with Crippen molar-refractivity contribution < 1.29 is 4.84 Å². The van der Waals surface area contributed by atoms with Crippen LogP contribution in [-0.2, 0) is 0 Å². The number of fused-ring (bicyclic) bond motifs is 1. The lowest BCUT2D eigenvalue weighted by Crippen LogP contribution is -2.19. The molecule has 1 aliphatic heterocycles. The van der Waals surface area contributed by atoms with Gasteiger partial charge in [0, 0.05) is 5.56 Å². The lowest BCUT2D eigenvalue weighted by molar-refractivity contribution is 0.233. The Kier molecular flexibility index (Phi) is 1.87. The molecule has 0 spiro atoms. The summed E-state index contributed by atoms with van der Waals surface area (Å²) in [5.41, 5.74) is 3.31. The molecule has 0 bridgehead atoms. The smallest absolute Gasteiger partial charge is 0.163 e. The zero-order valence-electron chi connectivity index (χ0n) is 5.97. The van der Waals surface area contributed by atoms with Gasteiger partial charge < -0.3 is 4.84 Å². The molecule has 1 N–H and O–H groups in total. The van der Waals surface area contributed by atoms with Crippen LogP contribution in [0.2, 0.25) is 0 Å². The van der Waals surface area contributed by atoms with E-state index in [4.69, 9.17) is 28.0 Å². The Hall–Kier alpha value is -0.860. The van der Waals surface area contributed by atoms with Crippen molar-refractivity contribution in [1.82, 2.24) is 5.48 Å². The maximum Gasteiger partial charge on any atom is 0.163 e. The van der Waals surface area contributed by atoms with Crippen LogP contribution in [0.15, 0.2) is 29.4 Å². The second-order valence-corrected chi connectivity index (χ2v) is 3.08. The van der Waals surface area contributed by atoms with Crippen LogP contribution in [-0.4, -0.2) is 0 Å². The van der Waals surface area contributed by atoms with Gasteiger partial charge in [-0.2, -0.15) is 0 Å². The van der Waals surface area contributed by atoms with Crippen molar-refractivity contribution in [2.75, 3.05) is 0 Å². The highest BCUT2D eigenvalue weighted by molar-refractivity contribution is 6.54. The second kappa shape index (κ2) is 2.88. The number of rotatable bonds is 0. The Morgan fingerprint density at radius 2 is 1.92 bits per heavy atom. The van der Waals surface area contributed by atoms with Crippen LogP contribution in [0.3, 0.4) is 0 Å². The largest absolute Gasteiger partial charge is 0.381 e. The fourth-order valence-corrected chi connectivity index (χ4v) is 1.33. The summed E-state index contributed by atoms with van der Waals surface area (Å²) in [6.45, 7) is 0. The molecule has 1 aliphatic rings. The van der Waals surface area contributed by atoms with Gasteiger partial charge in [-0.05, 0) is 12.1 Å². The SMILES string of the molecule is ClC1=C(Cl)c2ccccc2ON1. The predicted octanol–water partition coefficient (Wildman–Crippen LogP) is 2.69. The number of hydrogen-bond donors (Lipinski definition) is 1. The van der Waals surface area contributed by atoms with Crippen molar-refractivity contribution in [2.45, 2.75) is 0 Å². The van der Waals surface area contributed by atoms with E-state index in [1.807, 2.05) is 24.3 Å². The number of halogens is 2. The maximum atomic E-state index is 5.90. The Morgan fingerprint density at radius 3 is 2.75 bits per heavy atom. The Bertz CT molecular complexity index is 349. The van der Waals surface area contributed by atoms with Crippen molar-refractivity contribution in [3.05, 3.63) is 35.0 Å². The first kappa shape index (κ1) is 7.77. The third kappa shape index (κ3) is 1.13. The molecule has 2 rings (SSSR count). The summed E-state index contributed by atoms with van der Waals surface area (Å²) in [5.74, 6) is 0.687. The lowest BCUT2D eigenvalue weighted by atomic mass is 10.2. The van der Waals surface area contributed by atoms with E-state index in [9.17, 15) is 0 Å². The van der Waals surface area contributed by atoms with Crippen LogP contribution >= 0.6 is 23.2 Å². The number of hydroxylamine groups is 1. The van der Waals surface area contributed by atoms with Crippen molar-refractivity contribution >= 4 is 28.2 Å². The van der Waals surface area contributed by atoms with Crippen LogP contribution in [0.4, 0.5) is 0 Å². The maximum absolute atomic E-state index is 5.90. The third-order valence-corrected chi connectivity index (χ3v) is 2.32. The van der Waals surface area contributed by atoms with E-state index in [1.54, 1.807) is 0 Å². The summed E-state index contributed by atoms with van der Waals surface area (Å²) < 4.78 is 0. The molecule has 0 radical (unpaired) electrons. The quantitative estimate of drug-likeness (QED) is 0.653. The van der Waals surface area contributed by atoms with Crippen LogP contribution in [0.5, 0.6) is 5.75 Å². The van der Waals surface area contributed by atoms with Crippen LogP contribution in [0.1, 0.15) is 5.56 Å². The van der Waals surface area contributed by atoms with Gasteiger partial charge in [0.05, 0.1) is 5.03 Å². The summed E-state index contributed by atoms with van der Waals surface area (Å²) in [5, 5.41) is 0.800. The summed E-state index contributed by atoms with van der Waals surface area (Å²) in [6.07, 6.45) is 0. The molecule has 62 valence electrons. The summed E-state index contributed by atoms with van der Waals surface area (Å²) in [4.78, 5) is 5.08. The average Bonchev–Trinajstić information content (AvgIpc) is 2.12. The molecule has 0 amide bonds. The van der Waals surface area contributed by atoms with E-state index in [0.717, 1.165) is 5.56 Å². The first-order chi connectivity index (χ1) is 5.79. The van der Waals surface area contributed by atoms with Crippen LogP contribution in [0, 0.1) is 0 Å². The molecule has 0 aromatic heterocycles. The number of nitrogens with one attached hydrogen (secondary N) is 1. The Labute approximate surface area is 79.7 Å². The highest BCUT2D eigenvalue weighted by Crippen LogP contribution is 2.34. The van der Waals surface area contributed by atoms with Crippen LogP contribution < -0.4 is 10.3 Å².